The van der Waals surface area contributed by atoms with E-state index in [0.29, 0.717) is 37.9 Å². The molecule has 2 rings (SSSR count). The minimum Gasteiger partial charge on any atom is -0.355 e. The summed E-state index contributed by atoms with van der Waals surface area (Å²) in [5, 5.41) is 9.52. The Hall–Kier alpha value is -1.79. The molecule has 7 nitrogen and oxygen atoms in total. The highest BCUT2D eigenvalue weighted by Crippen LogP contribution is 2.38. The maximum Gasteiger partial charge on any atom is 0.230 e. The molecule has 0 spiro atoms. The van der Waals surface area contributed by atoms with Gasteiger partial charge in [0.15, 0.2) is 5.96 Å². The molecule has 7 heteroatoms. The smallest absolute Gasteiger partial charge is 0.230 e. The zero-order chi connectivity index (χ0) is 19.7. The summed E-state index contributed by atoms with van der Waals surface area (Å²) >= 11 is 0. The summed E-state index contributed by atoms with van der Waals surface area (Å²) in [4.78, 5) is 30.5. The van der Waals surface area contributed by atoms with Crippen LogP contribution < -0.4 is 16.0 Å². The molecule has 0 bridgehead atoms. The van der Waals surface area contributed by atoms with E-state index in [1.807, 2.05) is 14.1 Å². The second-order valence-corrected chi connectivity index (χ2v) is 8.24. The van der Waals surface area contributed by atoms with Crippen LogP contribution in [0.25, 0.3) is 0 Å². The lowest BCUT2D eigenvalue weighted by Gasteiger charge is -2.31. The average molecular weight is 380 g/mol. The molecule has 0 saturated heterocycles. The molecule has 0 aromatic carbocycles. The molecule has 2 amide bonds. The van der Waals surface area contributed by atoms with Crippen molar-refractivity contribution in [3.8, 4) is 0 Å². The van der Waals surface area contributed by atoms with Crippen molar-refractivity contribution < 1.29 is 9.59 Å². The Labute approximate surface area is 163 Å². The van der Waals surface area contributed by atoms with Crippen LogP contribution in [0.5, 0.6) is 0 Å². The molecule has 3 N–H and O–H groups in total. The van der Waals surface area contributed by atoms with Gasteiger partial charge in [0, 0.05) is 47.2 Å². The number of aliphatic imine (C=N–C) groups is 1. The van der Waals surface area contributed by atoms with Crippen LogP contribution in [0.3, 0.4) is 0 Å². The van der Waals surface area contributed by atoms with E-state index in [0.717, 1.165) is 25.7 Å². The zero-order valence-corrected chi connectivity index (χ0v) is 17.3. The van der Waals surface area contributed by atoms with Crippen molar-refractivity contribution in [1.82, 2.24) is 20.9 Å². The number of carbonyl (C=O) groups excluding carboxylic acids is 2. The second-order valence-electron chi connectivity index (χ2n) is 8.24. The number of hydrogen-bond acceptors (Lipinski definition) is 3. The summed E-state index contributed by atoms with van der Waals surface area (Å²) in [7, 11) is 5.37. The van der Waals surface area contributed by atoms with Crippen LogP contribution in [-0.2, 0) is 9.59 Å². The maximum absolute atomic E-state index is 12.6. The van der Waals surface area contributed by atoms with Crippen molar-refractivity contribution in [2.45, 2.75) is 57.8 Å². The quantitative estimate of drug-likeness (QED) is 0.339. The van der Waals surface area contributed by atoms with Crippen LogP contribution in [-0.4, -0.2) is 63.5 Å². The van der Waals surface area contributed by atoms with Crippen molar-refractivity contribution in [1.29, 1.82) is 0 Å². The van der Waals surface area contributed by atoms with E-state index < -0.39 is 0 Å². The molecule has 0 radical (unpaired) electrons. The SMILES string of the molecule is CN=C(NCCNC(=O)CC1CCCC1)NCC1(C(=O)N(C)C)CCCC1. The molecule has 0 heterocycles. The molecule has 2 fully saturated rings. The molecule has 0 unspecified atom stereocenters. The van der Waals surface area contributed by atoms with Gasteiger partial charge < -0.3 is 20.9 Å². The van der Waals surface area contributed by atoms with Crippen LogP contribution in [0.15, 0.2) is 4.99 Å². The van der Waals surface area contributed by atoms with Gasteiger partial charge in [0.25, 0.3) is 0 Å². The number of rotatable bonds is 8. The van der Waals surface area contributed by atoms with Crippen LogP contribution in [0.1, 0.15) is 57.8 Å². The Morgan fingerprint density at radius 2 is 1.63 bits per heavy atom. The Kier molecular flexibility index (Phi) is 8.38. The summed E-state index contributed by atoms with van der Waals surface area (Å²) in [5.74, 6) is 1.59. The predicted molar refractivity (Wildman–Crippen MR) is 109 cm³/mol. The van der Waals surface area contributed by atoms with E-state index >= 15 is 0 Å². The molecule has 2 aliphatic carbocycles. The fraction of sp³-hybridized carbons (Fsp3) is 0.850. The summed E-state index contributed by atoms with van der Waals surface area (Å²) in [6.07, 6.45) is 9.60. The van der Waals surface area contributed by atoms with Crippen molar-refractivity contribution in [3.63, 3.8) is 0 Å². The average Bonchev–Trinajstić information content (AvgIpc) is 3.33. The fourth-order valence-electron chi connectivity index (χ4n) is 4.40. The van der Waals surface area contributed by atoms with Gasteiger partial charge in [0.05, 0.1) is 5.41 Å². The largest absolute Gasteiger partial charge is 0.355 e. The number of guanidine groups is 1. The van der Waals surface area contributed by atoms with Crippen LogP contribution >= 0.6 is 0 Å². The third kappa shape index (κ3) is 6.40. The van der Waals surface area contributed by atoms with Crippen molar-refractivity contribution >= 4 is 17.8 Å². The summed E-state index contributed by atoms with van der Waals surface area (Å²) in [6.45, 7) is 1.79. The molecule has 2 aliphatic rings. The van der Waals surface area contributed by atoms with E-state index in [9.17, 15) is 9.59 Å². The van der Waals surface area contributed by atoms with Gasteiger partial charge in [-0.15, -0.1) is 0 Å². The van der Waals surface area contributed by atoms with Gasteiger partial charge in [-0.25, -0.2) is 0 Å². The summed E-state index contributed by atoms with van der Waals surface area (Å²) in [5.41, 5.74) is -0.323. The third-order valence-electron chi connectivity index (χ3n) is 5.93. The maximum atomic E-state index is 12.6. The lowest BCUT2D eigenvalue weighted by atomic mass is 9.84. The fourth-order valence-corrected chi connectivity index (χ4v) is 4.40. The number of nitrogens with zero attached hydrogens (tertiary/aromatic N) is 2. The van der Waals surface area contributed by atoms with Crippen LogP contribution in [0.2, 0.25) is 0 Å². The van der Waals surface area contributed by atoms with Gasteiger partial charge in [-0.2, -0.15) is 0 Å². The lowest BCUT2D eigenvalue weighted by Crippen LogP contribution is -2.50. The van der Waals surface area contributed by atoms with Crippen LogP contribution in [0, 0.1) is 11.3 Å². The normalized spacial score (nSPS) is 19.7. The molecule has 0 aromatic rings. The second kappa shape index (κ2) is 10.5. The van der Waals surface area contributed by atoms with Gasteiger partial charge in [-0.3, -0.25) is 14.6 Å². The summed E-state index contributed by atoms with van der Waals surface area (Å²) < 4.78 is 0. The van der Waals surface area contributed by atoms with E-state index in [4.69, 9.17) is 0 Å². The first-order valence-corrected chi connectivity index (χ1v) is 10.4. The lowest BCUT2D eigenvalue weighted by molar-refractivity contribution is -0.138. The zero-order valence-electron chi connectivity index (χ0n) is 17.3. The molecule has 0 aromatic heterocycles. The molecule has 2 saturated carbocycles. The molecular weight excluding hydrogens is 342 g/mol. The number of carbonyl (C=O) groups is 2. The molecule has 0 aliphatic heterocycles. The minimum absolute atomic E-state index is 0.146. The first kappa shape index (κ1) is 21.5. The molecular formula is C20H37N5O2. The van der Waals surface area contributed by atoms with Crippen molar-refractivity contribution in [2.24, 2.45) is 16.3 Å². The Balaban J connectivity index is 1.69. The van der Waals surface area contributed by atoms with Crippen molar-refractivity contribution in [3.05, 3.63) is 0 Å². The number of amides is 2. The molecule has 154 valence electrons. The van der Waals surface area contributed by atoms with E-state index in [-0.39, 0.29) is 17.2 Å². The van der Waals surface area contributed by atoms with E-state index in [1.54, 1.807) is 11.9 Å². The molecule has 0 atom stereocenters. The number of hydrogen-bond donors (Lipinski definition) is 3. The highest BCUT2D eigenvalue weighted by molar-refractivity contribution is 5.85. The predicted octanol–water partition coefficient (Wildman–Crippen LogP) is 1.50. The topological polar surface area (TPSA) is 85.8 Å². The van der Waals surface area contributed by atoms with Gasteiger partial charge >= 0.3 is 0 Å². The van der Waals surface area contributed by atoms with Crippen LogP contribution in [0.4, 0.5) is 0 Å². The minimum atomic E-state index is -0.323. The third-order valence-corrected chi connectivity index (χ3v) is 5.93. The van der Waals surface area contributed by atoms with E-state index in [2.05, 4.69) is 20.9 Å². The summed E-state index contributed by atoms with van der Waals surface area (Å²) in [6, 6.07) is 0. The van der Waals surface area contributed by atoms with Gasteiger partial charge in [-0.05, 0) is 31.6 Å². The highest BCUT2D eigenvalue weighted by Gasteiger charge is 2.42. The Bertz CT molecular complexity index is 520. The highest BCUT2D eigenvalue weighted by atomic mass is 16.2. The van der Waals surface area contributed by atoms with Gasteiger partial charge in [0.2, 0.25) is 11.8 Å². The first-order chi connectivity index (χ1) is 13.0. The van der Waals surface area contributed by atoms with E-state index in [1.165, 1.54) is 25.7 Å². The van der Waals surface area contributed by atoms with Gasteiger partial charge in [-0.1, -0.05) is 25.7 Å². The number of nitrogens with one attached hydrogen (secondary N) is 3. The Morgan fingerprint density at radius 1 is 1.00 bits per heavy atom. The first-order valence-electron chi connectivity index (χ1n) is 10.4. The standard InChI is InChI=1S/C20H37N5O2/c1-21-19(23-13-12-22-17(26)14-16-8-4-5-9-16)24-15-20(10-6-7-11-20)18(27)25(2)3/h16H,4-15H2,1-3H3,(H,22,26)(H2,21,23,24). The monoisotopic (exact) mass is 379 g/mol. The van der Waals surface area contributed by atoms with Crippen molar-refractivity contribution in [2.75, 3.05) is 40.8 Å². The molecule has 27 heavy (non-hydrogen) atoms. The van der Waals surface area contributed by atoms with Gasteiger partial charge in [0.1, 0.15) is 0 Å². The Morgan fingerprint density at radius 3 is 2.22 bits per heavy atom.